The van der Waals surface area contributed by atoms with Crippen molar-refractivity contribution in [2.24, 2.45) is 0 Å². The minimum Gasteiger partial charge on any atom is -0.454 e. The van der Waals surface area contributed by atoms with Gasteiger partial charge in [0, 0.05) is 31.7 Å². The predicted molar refractivity (Wildman–Crippen MR) is 77.4 cm³/mol. The summed E-state index contributed by atoms with van der Waals surface area (Å²) in [6.45, 7) is 3.49. The molecule has 1 aromatic carbocycles. The lowest BCUT2D eigenvalue weighted by atomic mass is 10.1. The summed E-state index contributed by atoms with van der Waals surface area (Å²) in [5.41, 5.74) is 1.21. The molecular formula is C15H19ClN2O2. The summed E-state index contributed by atoms with van der Waals surface area (Å²) in [5.74, 6) is 1.47. The van der Waals surface area contributed by atoms with Crippen LogP contribution in [0.1, 0.15) is 24.8 Å². The second-order valence-corrected chi connectivity index (χ2v) is 6.38. The molecule has 108 valence electrons. The van der Waals surface area contributed by atoms with Crippen molar-refractivity contribution in [3.63, 3.8) is 0 Å². The molecule has 1 aromatic rings. The van der Waals surface area contributed by atoms with Crippen molar-refractivity contribution in [2.75, 3.05) is 19.9 Å². The van der Waals surface area contributed by atoms with Gasteiger partial charge in [-0.25, -0.2) is 0 Å². The van der Waals surface area contributed by atoms with Gasteiger partial charge in [-0.2, -0.15) is 0 Å². The van der Waals surface area contributed by atoms with Crippen LogP contribution in [0.3, 0.4) is 0 Å². The normalized spacial score (nSPS) is 28.6. The standard InChI is InChI=1S/C15H19ClN2O2/c16-13-5-10(6-14-15(13)20-9-19-14)7-18-4-3-11-1-2-12(8-18)17-11/h5-6,11-12,17H,1-4,7-9H2. The third kappa shape index (κ3) is 2.36. The zero-order valence-electron chi connectivity index (χ0n) is 11.4. The SMILES string of the molecule is Clc1cc(CN2CCC3CCC(C2)N3)cc2c1OCO2. The molecule has 0 aromatic heterocycles. The first-order chi connectivity index (χ1) is 9.78. The molecule has 0 aliphatic carbocycles. The molecule has 0 spiro atoms. The second kappa shape index (κ2) is 5.10. The van der Waals surface area contributed by atoms with Gasteiger partial charge in [0.25, 0.3) is 0 Å². The third-order valence-electron chi connectivity index (χ3n) is 4.50. The summed E-state index contributed by atoms with van der Waals surface area (Å²) in [6.07, 6.45) is 3.90. The zero-order valence-corrected chi connectivity index (χ0v) is 12.2. The fourth-order valence-electron chi connectivity index (χ4n) is 3.53. The first-order valence-corrected chi connectivity index (χ1v) is 7.72. The number of fused-ring (bicyclic) bond motifs is 3. The van der Waals surface area contributed by atoms with Crippen LogP contribution in [-0.4, -0.2) is 36.9 Å². The van der Waals surface area contributed by atoms with E-state index in [1.54, 1.807) is 0 Å². The van der Waals surface area contributed by atoms with Crippen LogP contribution in [0.4, 0.5) is 0 Å². The first-order valence-electron chi connectivity index (χ1n) is 7.34. The fraction of sp³-hybridized carbons (Fsp3) is 0.600. The minimum atomic E-state index is 0.274. The molecule has 2 bridgehead atoms. The van der Waals surface area contributed by atoms with Gasteiger partial charge in [0.05, 0.1) is 5.02 Å². The quantitative estimate of drug-likeness (QED) is 0.908. The molecule has 2 fully saturated rings. The zero-order chi connectivity index (χ0) is 13.5. The molecule has 0 radical (unpaired) electrons. The van der Waals surface area contributed by atoms with Gasteiger partial charge in [0.2, 0.25) is 6.79 Å². The van der Waals surface area contributed by atoms with Crippen LogP contribution in [0.2, 0.25) is 5.02 Å². The number of hydrogen-bond acceptors (Lipinski definition) is 4. The lowest BCUT2D eigenvalue weighted by molar-refractivity contribution is 0.174. The highest BCUT2D eigenvalue weighted by molar-refractivity contribution is 6.32. The van der Waals surface area contributed by atoms with E-state index in [9.17, 15) is 0 Å². The summed E-state index contributed by atoms with van der Waals surface area (Å²) >= 11 is 6.25. The van der Waals surface area contributed by atoms with Crippen molar-refractivity contribution in [3.8, 4) is 11.5 Å². The molecule has 2 atom stereocenters. The monoisotopic (exact) mass is 294 g/mol. The van der Waals surface area contributed by atoms with Gasteiger partial charge < -0.3 is 14.8 Å². The number of halogens is 1. The molecule has 2 unspecified atom stereocenters. The number of nitrogens with zero attached hydrogens (tertiary/aromatic N) is 1. The maximum Gasteiger partial charge on any atom is 0.231 e. The Labute approximate surface area is 124 Å². The maximum atomic E-state index is 6.25. The molecule has 4 nitrogen and oxygen atoms in total. The summed E-state index contributed by atoms with van der Waals surface area (Å²) in [4.78, 5) is 2.52. The topological polar surface area (TPSA) is 33.7 Å². The average Bonchev–Trinajstić information content (AvgIpc) is 2.99. The Bertz CT molecular complexity index is 523. The van der Waals surface area contributed by atoms with Gasteiger partial charge in [0.15, 0.2) is 11.5 Å². The molecule has 20 heavy (non-hydrogen) atoms. The molecule has 0 amide bonds. The lowest BCUT2D eigenvalue weighted by Crippen LogP contribution is -2.34. The van der Waals surface area contributed by atoms with Gasteiger partial charge in [-0.1, -0.05) is 11.6 Å². The maximum absolute atomic E-state index is 6.25. The highest BCUT2D eigenvalue weighted by Crippen LogP contribution is 2.40. The van der Waals surface area contributed by atoms with E-state index in [2.05, 4.69) is 16.3 Å². The van der Waals surface area contributed by atoms with Gasteiger partial charge in [-0.05, 0) is 37.0 Å². The fourth-order valence-corrected chi connectivity index (χ4v) is 3.82. The third-order valence-corrected chi connectivity index (χ3v) is 4.78. The molecule has 4 rings (SSSR count). The van der Waals surface area contributed by atoms with E-state index in [4.69, 9.17) is 21.1 Å². The Hall–Kier alpha value is -0.970. The van der Waals surface area contributed by atoms with Crippen molar-refractivity contribution in [1.29, 1.82) is 0 Å². The molecular weight excluding hydrogens is 276 g/mol. The molecule has 1 N–H and O–H groups in total. The van der Waals surface area contributed by atoms with Crippen LogP contribution < -0.4 is 14.8 Å². The van der Waals surface area contributed by atoms with Crippen molar-refractivity contribution >= 4 is 11.6 Å². The number of benzene rings is 1. The summed E-state index contributed by atoms with van der Waals surface area (Å²) in [6, 6.07) is 5.45. The van der Waals surface area contributed by atoms with Crippen LogP contribution in [-0.2, 0) is 6.54 Å². The average molecular weight is 295 g/mol. The van der Waals surface area contributed by atoms with Crippen LogP contribution in [0.25, 0.3) is 0 Å². The Morgan fingerprint density at radius 1 is 1.20 bits per heavy atom. The summed E-state index contributed by atoms with van der Waals surface area (Å²) < 4.78 is 10.8. The second-order valence-electron chi connectivity index (χ2n) is 5.97. The van der Waals surface area contributed by atoms with Gasteiger partial charge >= 0.3 is 0 Å². The molecule has 3 aliphatic heterocycles. The van der Waals surface area contributed by atoms with Crippen molar-refractivity contribution in [2.45, 2.75) is 37.9 Å². The smallest absolute Gasteiger partial charge is 0.231 e. The number of hydrogen-bond donors (Lipinski definition) is 1. The number of likely N-dealkylation sites (tertiary alicyclic amines) is 1. The van der Waals surface area contributed by atoms with E-state index in [-0.39, 0.29) is 6.79 Å². The van der Waals surface area contributed by atoms with Gasteiger partial charge in [-0.15, -0.1) is 0 Å². The van der Waals surface area contributed by atoms with Gasteiger partial charge in [-0.3, -0.25) is 4.90 Å². The Kier molecular flexibility index (Phi) is 3.25. The largest absolute Gasteiger partial charge is 0.454 e. The van der Waals surface area contributed by atoms with E-state index < -0.39 is 0 Å². The molecule has 3 heterocycles. The molecule has 3 aliphatic rings. The van der Waals surface area contributed by atoms with E-state index in [1.165, 1.54) is 24.8 Å². The lowest BCUT2D eigenvalue weighted by Gasteiger charge is -2.24. The van der Waals surface area contributed by atoms with Crippen LogP contribution in [0.15, 0.2) is 12.1 Å². The van der Waals surface area contributed by atoms with E-state index in [0.29, 0.717) is 16.8 Å². The van der Waals surface area contributed by atoms with Crippen LogP contribution in [0, 0.1) is 0 Å². The minimum absolute atomic E-state index is 0.274. The van der Waals surface area contributed by atoms with Crippen molar-refractivity contribution in [1.82, 2.24) is 10.2 Å². The van der Waals surface area contributed by atoms with Crippen molar-refractivity contribution in [3.05, 3.63) is 22.7 Å². The van der Waals surface area contributed by atoms with E-state index in [0.717, 1.165) is 31.4 Å². The van der Waals surface area contributed by atoms with E-state index >= 15 is 0 Å². The molecule has 5 heteroatoms. The Morgan fingerprint density at radius 2 is 2.10 bits per heavy atom. The number of nitrogens with one attached hydrogen (secondary N) is 1. The van der Waals surface area contributed by atoms with Crippen LogP contribution >= 0.6 is 11.6 Å². The molecule has 2 saturated heterocycles. The van der Waals surface area contributed by atoms with Crippen molar-refractivity contribution < 1.29 is 9.47 Å². The van der Waals surface area contributed by atoms with Gasteiger partial charge in [0.1, 0.15) is 0 Å². The Morgan fingerprint density at radius 3 is 3.05 bits per heavy atom. The summed E-state index contributed by atoms with van der Waals surface area (Å²) in [5, 5.41) is 4.37. The highest BCUT2D eigenvalue weighted by Gasteiger charge is 2.29. The highest BCUT2D eigenvalue weighted by atomic mass is 35.5. The first kappa shape index (κ1) is 12.7. The summed E-state index contributed by atoms with van der Waals surface area (Å²) in [7, 11) is 0. The van der Waals surface area contributed by atoms with E-state index in [1.807, 2.05) is 6.07 Å². The number of ether oxygens (including phenoxy) is 2. The Balaban J connectivity index is 1.50. The molecule has 0 saturated carbocycles. The predicted octanol–water partition coefficient (Wildman–Crippen LogP) is 2.40. The number of rotatable bonds is 2. The van der Waals surface area contributed by atoms with Crippen LogP contribution in [0.5, 0.6) is 11.5 Å².